The van der Waals surface area contributed by atoms with Crippen molar-refractivity contribution in [2.75, 3.05) is 0 Å². The normalized spacial score (nSPS) is 10.5. The number of nitrogens with zero attached hydrogens (tertiary/aromatic N) is 4. The molecule has 0 spiro atoms. The van der Waals surface area contributed by atoms with Crippen molar-refractivity contribution in [2.24, 2.45) is 0 Å². The van der Waals surface area contributed by atoms with Crippen molar-refractivity contribution in [3.05, 3.63) is 40.9 Å². The van der Waals surface area contributed by atoms with Crippen LogP contribution < -0.4 is 0 Å². The van der Waals surface area contributed by atoms with Gasteiger partial charge < -0.3 is 0 Å². The molecule has 0 unspecified atom stereocenters. The Morgan fingerprint density at radius 3 is 2.84 bits per heavy atom. The maximum atomic E-state index is 9.23. The molecule has 3 aromatic rings. The van der Waals surface area contributed by atoms with Crippen LogP contribution in [0, 0.1) is 18.3 Å². The quantitative estimate of drug-likeness (QED) is 0.721. The van der Waals surface area contributed by atoms with Crippen LogP contribution in [-0.2, 0) is 0 Å². The highest BCUT2D eigenvalue weighted by atomic mass is 32.2. The number of aromatic nitrogens is 3. The lowest BCUT2D eigenvalue weighted by Crippen LogP contribution is -1.88. The van der Waals surface area contributed by atoms with E-state index >= 15 is 0 Å². The molecule has 2 aromatic heterocycles. The van der Waals surface area contributed by atoms with Gasteiger partial charge in [0.15, 0.2) is 4.34 Å². The predicted molar refractivity (Wildman–Crippen MR) is 75.2 cm³/mol. The first-order valence-electron chi connectivity index (χ1n) is 5.54. The Morgan fingerprint density at radius 2 is 2.11 bits per heavy atom. The van der Waals surface area contributed by atoms with E-state index in [-0.39, 0.29) is 0 Å². The molecule has 6 heteroatoms. The van der Waals surface area contributed by atoms with Gasteiger partial charge in [-0.1, -0.05) is 29.5 Å². The third-order valence-corrected chi connectivity index (χ3v) is 4.40. The lowest BCUT2D eigenvalue weighted by Gasteiger charge is -2.03. The van der Waals surface area contributed by atoms with Crippen LogP contribution >= 0.6 is 23.1 Å². The van der Waals surface area contributed by atoms with E-state index in [1.165, 1.54) is 23.1 Å². The van der Waals surface area contributed by atoms with Crippen molar-refractivity contribution in [1.82, 2.24) is 15.2 Å². The fourth-order valence-corrected chi connectivity index (χ4v) is 3.45. The lowest BCUT2D eigenvalue weighted by molar-refractivity contribution is 0.981. The van der Waals surface area contributed by atoms with E-state index in [1.807, 2.05) is 37.3 Å². The minimum atomic E-state index is 0.566. The first-order valence-corrected chi connectivity index (χ1v) is 7.17. The third-order valence-electron chi connectivity index (χ3n) is 2.50. The second-order valence-corrected chi connectivity index (χ2v) is 6.25. The number of rotatable bonds is 2. The number of aryl methyl sites for hydroxylation is 1. The molecule has 92 valence electrons. The van der Waals surface area contributed by atoms with Crippen molar-refractivity contribution < 1.29 is 0 Å². The number of para-hydroxylation sites is 1. The molecule has 4 nitrogen and oxygen atoms in total. The third kappa shape index (κ3) is 2.43. The van der Waals surface area contributed by atoms with Crippen LogP contribution in [0.2, 0.25) is 0 Å². The minimum Gasteiger partial charge on any atom is -0.240 e. The van der Waals surface area contributed by atoms with Gasteiger partial charge in [-0.2, -0.15) is 5.26 Å². The van der Waals surface area contributed by atoms with Gasteiger partial charge in [0.2, 0.25) is 0 Å². The van der Waals surface area contributed by atoms with Gasteiger partial charge in [0.25, 0.3) is 0 Å². The Balaban J connectivity index is 2.09. The average molecular weight is 284 g/mol. The summed E-state index contributed by atoms with van der Waals surface area (Å²) in [6.45, 7) is 1.90. The first-order chi connectivity index (χ1) is 9.26. The van der Waals surface area contributed by atoms with Gasteiger partial charge in [-0.05, 0) is 30.8 Å². The summed E-state index contributed by atoms with van der Waals surface area (Å²) in [4.78, 5) is 4.53. The molecule has 0 fully saturated rings. The summed E-state index contributed by atoms with van der Waals surface area (Å²) in [5.41, 5.74) is 1.45. The smallest absolute Gasteiger partial charge is 0.180 e. The monoisotopic (exact) mass is 284 g/mol. The Kier molecular flexibility index (Phi) is 3.15. The number of nitriles is 1. The van der Waals surface area contributed by atoms with Crippen molar-refractivity contribution >= 4 is 34.0 Å². The predicted octanol–water partition coefficient (Wildman–Crippen LogP) is 3.42. The summed E-state index contributed by atoms with van der Waals surface area (Å²) < 4.78 is 0.803. The van der Waals surface area contributed by atoms with Gasteiger partial charge in [0, 0.05) is 5.39 Å². The minimum absolute atomic E-state index is 0.566. The summed E-state index contributed by atoms with van der Waals surface area (Å²) in [5.74, 6) is 0. The van der Waals surface area contributed by atoms with E-state index in [1.54, 1.807) is 0 Å². The fraction of sp³-hybridized carbons (Fsp3) is 0.0769. The Hall–Kier alpha value is -1.97. The molecule has 0 N–H and O–H groups in total. The van der Waals surface area contributed by atoms with Crippen LogP contribution in [0.3, 0.4) is 0 Å². The lowest BCUT2D eigenvalue weighted by atomic mass is 10.2. The van der Waals surface area contributed by atoms with E-state index in [4.69, 9.17) is 0 Å². The SMILES string of the molecule is Cc1nnc(Sc2nc3ccccc3cc2C#N)s1. The van der Waals surface area contributed by atoms with Crippen molar-refractivity contribution in [3.8, 4) is 6.07 Å². The van der Waals surface area contributed by atoms with Gasteiger partial charge >= 0.3 is 0 Å². The van der Waals surface area contributed by atoms with Crippen LogP contribution in [0.4, 0.5) is 0 Å². The molecule has 0 saturated heterocycles. The number of hydrogen-bond acceptors (Lipinski definition) is 6. The Labute approximate surface area is 118 Å². The summed E-state index contributed by atoms with van der Waals surface area (Å²) in [7, 11) is 0. The Bertz CT molecular complexity index is 789. The van der Waals surface area contributed by atoms with E-state index in [0.717, 1.165) is 20.3 Å². The summed E-state index contributed by atoms with van der Waals surface area (Å²) in [6, 6.07) is 11.8. The van der Waals surface area contributed by atoms with Crippen LogP contribution in [0.15, 0.2) is 39.7 Å². The average Bonchev–Trinajstić information content (AvgIpc) is 2.83. The zero-order valence-electron chi connectivity index (χ0n) is 9.99. The molecule has 0 radical (unpaired) electrons. The van der Waals surface area contributed by atoms with Crippen LogP contribution in [0.25, 0.3) is 10.9 Å². The molecule has 0 aliphatic carbocycles. The molecule has 0 atom stereocenters. The Morgan fingerprint density at radius 1 is 1.26 bits per heavy atom. The van der Waals surface area contributed by atoms with Gasteiger partial charge in [-0.15, -0.1) is 10.2 Å². The number of pyridine rings is 1. The van der Waals surface area contributed by atoms with Crippen molar-refractivity contribution in [2.45, 2.75) is 16.3 Å². The molecule has 0 bridgehead atoms. The molecule has 0 amide bonds. The van der Waals surface area contributed by atoms with Crippen LogP contribution in [-0.4, -0.2) is 15.2 Å². The largest absolute Gasteiger partial charge is 0.240 e. The summed E-state index contributed by atoms with van der Waals surface area (Å²) >= 11 is 2.88. The van der Waals surface area contributed by atoms with E-state index < -0.39 is 0 Å². The number of hydrogen-bond donors (Lipinski definition) is 0. The highest BCUT2D eigenvalue weighted by Crippen LogP contribution is 2.32. The summed E-state index contributed by atoms with van der Waals surface area (Å²) in [6.07, 6.45) is 0. The molecule has 1 aromatic carbocycles. The number of benzene rings is 1. The van der Waals surface area contributed by atoms with Gasteiger partial charge in [0.1, 0.15) is 16.1 Å². The van der Waals surface area contributed by atoms with Gasteiger partial charge in [0.05, 0.1) is 11.1 Å². The highest BCUT2D eigenvalue weighted by Gasteiger charge is 2.11. The molecule has 3 rings (SSSR count). The van der Waals surface area contributed by atoms with Crippen molar-refractivity contribution in [1.29, 1.82) is 5.26 Å². The zero-order valence-corrected chi connectivity index (χ0v) is 11.6. The standard InChI is InChI=1S/C13H8N4S2/c1-8-16-17-13(18-8)19-12-10(7-14)6-9-4-2-3-5-11(9)15-12/h2-6H,1H3. The highest BCUT2D eigenvalue weighted by molar-refractivity contribution is 8.01. The van der Waals surface area contributed by atoms with Crippen molar-refractivity contribution in [3.63, 3.8) is 0 Å². The zero-order chi connectivity index (χ0) is 13.2. The van der Waals surface area contributed by atoms with Gasteiger partial charge in [-0.3, -0.25) is 0 Å². The maximum Gasteiger partial charge on any atom is 0.180 e. The van der Waals surface area contributed by atoms with Crippen LogP contribution in [0.1, 0.15) is 10.6 Å². The topological polar surface area (TPSA) is 62.5 Å². The molecule has 0 aliphatic rings. The summed E-state index contributed by atoms with van der Waals surface area (Å²) in [5, 5.41) is 19.8. The molecular weight excluding hydrogens is 276 g/mol. The molecular formula is C13H8N4S2. The fourth-order valence-electron chi connectivity index (χ4n) is 1.66. The maximum absolute atomic E-state index is 9.23. The molecule has 2 heterocycles. The van der Waals surface area contributed by atoms with E-state index in [0.29, 0.717) is 10.6 Å². The van der Waals surface area contributed by atoms with Gasteiger partial charge in [-0.25, -0.2) is 4.98 Å². The van der Waals surface area contributed by atoms with E-state index in [2.05, 4.69) is 21.3 Å². The first kappa shape index (κ1) is 12.1. The molecule has 0 aliphatic heterocycles. The molecule has 19 heavy (non-hydrogen) atoms. The second kappa shape index (κ2) is 4.96. The molecule has 0 saturated carbocycles. The van der Waals surface area contributed by atoms with E-state index in [9.17, 15) is 5.26 Å². The van der Waals surface area contributed by atoms with Crippen LogP contribution in [0.5, 0.6) is 0 Å². The number of fused-ring (bicyclic) bond motifs is 1. The second-order valence-electron chi connectivity index (χ2n) is 3.83.